The van der Waals surface area contributed by atoms with Crippen LogP contribution in [0.15, 0.2) is 35.5 Å². The molecule has 0 spiro atoms. The largest absolute Gasteiger partial charge is 0.478 e. The van der Waals surface area contributed by atoms with Gasteiger partial charge in [0.15, 0.2) is 0 Å². The number of hydrogen-bond acceptors (Lipinski definition) is 2. The molecule has 0 fully saturated rings. The zero-order chi connectivity index (χ0) is 11.1. The van der Waals surface area contributed by atoms with Crippen molar-refractivity contribution in [3.8, 4) is 0 Å². The van der Waals surface area contributed by atoms with Gasteiger partial charge in [-0.15, -0.1) is 0 Å². The second-order valence-corrected chi connectivity index (χ2v) is 2.74. The van der Waals surface area contributed by atoms with Crippen LogP contribution in [0.5, 0.6) is 0 Å². The second-order valence-electron chi connectivity index (χ2n) is 2.74. The number of hydrogen-bond donors (Lipinski definition) is 2. The van der Waals surface area contributed by atoms with Crippen molar-refractivity contribution in [1.29, 1.82) is 0 Å². The van der Waals surface area contributed by atoms with Crippen LogP contribution in [0.2, 0.25) is 0 Å². The maximum Gasteiger partial charge on any atom is 0.331 e. The molecule has 0 amide bonds. The van der Waals surface area contributed by atoms with Crippen molar-refractivity contribution in [3.05, 3.63) is 35.5 Å². The van der Waals surface area contributed by atoms with Gasteiger partial charge in [0, 0.05) is 11.6 Å². The van der Waals surface area contributed by atoms with E-state index in [1.165, 1.54) is 25.2 Å². The van der Waals surface area contributed by atoms with Crippen molar-refractivity contribution < 1.29 is 19.8 Å². The van der Waals surface area contributed by atoms with E-state index in [0.29, 0.717) is 5.57 Å². The molecule has 76 valence electrons. The lowest BCUT2D eigenvalue weighted by molar-refractivity contribution is -0.133. The molecule has 0 rings (SSSR count). The van der Waals surface area contributed by atoms with Crippen molar-refractivity contribution in [2.45, 2.75) is 13.8 Å². The lowest BCUT2D eigenvalue weighted by atomic mass is 10.2. The van der Waals surface area contributed by atoms with Gasteiger partial charge >= 0.3 is 11.9 Å². The number of carboxylic acid groups (broad SMARTS) is 2. The molecule has 2 N–H and O–H groups in total. The molecule has 4 nitrogen and oxygen atoms in total. The summed E-state index contributed by atoms with van der Waals surface area (Å²) in [4.78, 5) is 20.5. The van der Waals surface area contributed by atoms with Gasteiger partial charge in [-0.1, -0.05) is 18.2 Å². The normalized spacial score (nSPS) is 13.3. The van der Waals surface area contributed by atoms with Crippen molar-refractivity contribution in [2.75, 3.05) is 0 Å². The molecular weight excluding hydrogens is 184 g/mol. The molecular formula is C10H12O4. The number of carbonyl (C=O) groups is 2. The van der Waals surface area contributed by atoms with Crippen LogP contribution in [-0.4, -0.2) is 22.2 Å². The Morgan fingerprint density at radius 3 is 2.14 bits per heavy atom. The summed E-state index contributed by atoms with van der Waals surface area (Å²) in [5.74, 6) is -2.01. The Bertz CT molecular complexity index is 321. The maximum atomic E-state index is 10.3. The molecule has 14 heavy (non-hydrogen) atoms. The topological polar surface area (TPSA) is 74.6 Å². The van der Waals surface area contributed by atoms with Crippen LogP contribution in [-0.2, 0) is 9.59 Å². The van der Waals surface area contributed by atoms with Crippen molar-refractivity contribution >= 4 is 11.9 Å². The quantitative estimate of drug-likeness (QED) is 0.529. The molecule has 0 bridgehead atoms. The fourth-order valence-electron chi connectivity index (χ4n) is 0.658. The van der Waals surface area contributed by atoms with E-state index in [-0.39, 0.29) is 5.57 Å². The SMILES string of the molecule is CC(C=CC=C(C)C(=O)O)=CC(=O)O. The summed E-state index contributed by atoms with van der Waals surface area (Å²) < 4.78 is 0. The Kier molecular flexibility index (Phi) is 4.99. The van der Waals surface area contributed by atoms with Crippen molar-refractivity contribution in [3.63, 3.8) is 0 Å². The van der Waals surface area contributed by atoms with Crippen molar-refractivity contribution in [1.82, 2.24) is 0 Å². The van der Waals surface area contributed by atoms with Gasteiger partial charge in [0.05, 0.1) is 0 Å². The lowest BCUT2D eigenvalue weighted by Gasteiger charge is -1.89. The molecule has 0 heterocycles. The van der Waals surface area contributed by atoms with Crippen LogP contribution in [0, 0.1) is 0 Å². The summed E-state index contributed by atoms with van der Waals surface area (Å²) in [6.07, 6.45) is 5.47. The van der Waals surface area contributed by atoms with Gasteiger partial charge in [0.2, 0.25) is 0 Å². The summed E-state index contributed by atoms with van der Waals surface area (Å²) in [6.45, 7) is 3.08. The van der Waals surface area contributed by atoms with E-state index in [0.717, 1.165) is 6.08 Å². The summed E-state index contributed by atoms with van der Waals surface area (Å²) in [7, 11) is 0. The molecule has 0 radical (unpaired) electrons. The van der Waals surface area contributed by atoms with E-state index >= 15 is 0 Å². The van der Waals surface area contributed by atoms with Gasteiger partial charge in [-0.3, -0.25) is 0 Å². The number of carboxylic acids is 2. The average molecular weight is 196 g/mol. The van der Waals surface area contributed by atoms with Gasteiger partial charge in [0.25, 0.3) is 0 Å². The molecule has 0 aromatic carbocycles. The minimum Gasteiger partial charge on any atom is -0.478 e. The highest BCUT2D eigenvalue weighted by molar-refractivity contribution is 5.86. The first kappa shape index (κ1) is 12.2. The Balaban J connectivity index is 4.40. The van der Waals surface area contributed by atoms with Crippen LogP contribution in [0.4, 0.5) is 0 Å². The summed E-state index contributed by atoms with van der Waals surface area (Å²) in [5.41, 5.74) is 0.747. The third kappa shape index (κ3) is 5.77. The van der Waals surface area contributed by atoms with Gasteiger partial charge in [-0.25, -0.2) is 9.59 Å². The molecule has 0 saturated heterocycles. The third-order valence-electron chi connectivity index (χ3n) is 1.39. The molecule has 0 aromatic heterocycles. The first-order valence-electron chi connectivity index (χ1n) is 3.93. The van der Waals surface area contributed by atoms with Gasteiger partial charge in [-0.2, -0.15) is 0 Å². The Labute approximate surface area is 81.9 Å². The fraction of sp³-hybridized carbons (Fsp3) is 0.200. The predicted molar refractivity (Wildman–Crippen MR) is 51.9 cm³/mol. The van der Waals surface area contributed by atoms with Crippen LogP contribution in [0.25, 0.3) is 0 Å². The van der Waals surface area contributed by atoms with Gasteiger partial charge in [-0.05, 0) is 19.4 Å². The smallest absolute Gasteiger partial charge is 0.331 e. The molecule has 0 aliphatic heterocycles. The van der Waals surface area contributed by atoms with E-state index in [4.69, 9.17) is 10.2 Å². The molecule has 0 unspecified atom stereocenters. The van der Waals surface area contributed by atoms with Crippen LogP contribution >= 0.6 is 0 Å². The van der Waals surface area contributed by atoms with Crippen LogP contribution in [0.1, 0.15) is 13.8 Å². The fourth-order valence-corrected chi connectivity index (χ4v) is 0.658. The van der Waals surface area contributed by atoms with Crippen LogP contribution < -0.4 is 0 Å². The average Bonchev–Trinajstić information content (AvgIpc) is 2.02. The van der Waals surface area contributed by atoms with E-state index < -0.39 is 11.9 Å². The minimum atomic E-state index is -1.02. The molecule has 0 atom stereocenters. The molecule has 0 aliphatic carbocycles. The highest BCUT2D eigenvalue weighted by Crippen LogP contribution is 1.97. The zero-order valence-corrected chi connectivity index (χ0v) is 8.02. The Hall–Kier alpha value is -1.84. The van der Waals surface area contributed by atoms with Crippen LogP contribution in [0.3, 0.4) is 0 Å². The highest BCUT2D eigenvalue weighted by Gasteiger charge is 1.95. The standard InChI is InChI=1S/C10H12O4/c1-7(6-9(11)12)4-3-5-8(2)10(13)14/h3-6H,1-2H3,(H,11,12)(H,13,14). The first-order chi connectivity index (χ1) is 6.43. The summed E-state index contributed by atoms with van der Waals surface area (Å²) in [6, 6.07) is 0. The monoisotopic (exact) mass is 196 g/mol. The van der Waals surface area contributed by atoms with E-state index in [1.807, 2.05) is 0 Å². The second kappa shape index (κ2) is 5.75. The van der Waals surface area contributed by atoms with E-state index in [2.05, 4.69) is 0 Å². The summed E-state index contributed by atoms with van der Waals surface area (Å²) in [5, 5.41) is 16.8. The molecule has 0 aliphatic rings. The Morgan fingerprint density at radius 2 is 1.71 bits per heavy atom. The maximum absolute atomic E-state index is 10.3. The number of aliphatic carboxylic acids is 2. The minimum absolute atomic E-state index is 0.198. The predicted octanol–water partition coefficient (Wildman–Crippen LogP) is 1.60. The lowest BCUT2D eigenvalue weighted by Crippen LogP contribution is -1.94. The van der Waals surface area contributed by atoms with Crippen molar-refractivity contribution in [2.24, 2.45) is 0 Å². The number of allylic oxidation sites excluding steroid dienone is 4. The Morgan fingerprint density at radius 1 is 1.14 bits per heavy atom. The first-order valence-corrected chi connectivity index (χ1v) is 3.93. The van der Waals surface area contributed by atoms with Gasteiger partial charge < -0.3 is 10.2 Å². The van der Waals surface area contributed by atoms with E-state index in [9.17, 15) is 9.59 Å². The molecule has 4 heteroatoms. The molecule has 0 aromatic rings. The third-order valence-corrected chi connectivity index (χ3v) is 1.39. The summed E-state index contributed by atoms with van der Waals surface area (Å²) >= 11 is 0. The number of rotatable bonds is 4. The molecule has 0 saturated carbocycles. The van der Waals surface area contributed by atoms with E-state index in [1.54, 1.807) is 6.92 Å². The zero-order valence-electron chi connectivity index (χ0n) is 8.02. The van der Waals surface area contributed by atoms with Gasteiger partial charge in [0.1, 0.15) is 0 Å². The highest BCUT2D eigenvalue weighted by atomic mass is 16.4.